The van der Waals surface area contributed by atoms with E-state index in [2.05, 4.69) is 5.10 Å². The van der Waals surface area contributed by atoms with Crippen LogP contribution >= 0.6 is 0 Å². The van der Waals surface area contributed by atoms with E-state index in [0.29, 0.717) is 5.56 Å². The molecule has 0 radical (unpaired) electrons. The highest BCUT2D eigenvalue weighted by atomic mass is 16.1. The first-order chi connectivity index (χ1) is 8.20. The quantitative estimate of drug-likeness (QED) is 0.751. The van der Waals surface area contributed by atoms with E-state index >= 15 is 0 Å². The summed E-state index contributed by atoms with van der Waals surface area (Å²) in [5, 5.41) is 4.13. The van der Waals surface area contributed by atoms with Crippen LogP contribution in [0, 0.1) is 0 Å². The first-order valence-electron chi connectivity index (χ1n) is 5.43. The zero-order chi connectivity index (χ0) is 12.3. The number of aryl methyl sites for hydroxylation is 1. The summed E-state index contributed by atoms with van der Waals surface area (Å²) in [6.07, 6.45) is 4.69. The molecule has 0 atom stereocenters. The molecule has 2 rings (SSSR count). The van der Waals surface area contributed by atoms with Crippen molar-refractivity contribution in [1.82, 2.24) is 9.78 Å². The summed E-state index contributed by atoms with van der Waals surface area (Å²) in [4.78, 5) is 13.0. The van der Waals surface area contributed by atoms with Crippen LogP contribution < -0.4 is 4.90 Å². The fourth-order valence-corrected chi connectivity index (χ4v) is 1.85. The minimum Gasteiger partial charge on any atom is -0.370 e. The summed E-state index contributed by atoms with van der Waals surface area (Å²) in [6, 6.07) is 7.56. The maximum atomic E-state index is 10.9. The van der Waals surface area contributed by atoms with Crippen molar-refractivity contribution in [2.24, 2.45) is 7.05 Å². The smallest absolute Gasteiger partial charge is 0.152 e. The standard InChI is InChI=1S/C13H15N3O/c1-15(8-11-7-14-16(2)9-11)13-6-4-3-5-12(13)10-17/h3-7,9-10H,8H2,1-2H3. The molecule has 0 saturated carbocycles. The van der Waals surface area contributed by atoms with E-state index in [-0.39, 0.29) is 0 Å². The molecule has 17 heavy (non-hydrogen) atoms. The van der Waals surface area contributed by atoms with E-state index in [4.69, 9.17) is 0 Å². The number of aldehydes is 1. The lowest BCUT2D eigenvalue weighted by molar-refractivity contribution is 0.112. The summed E-state index contributed by atoms with van der Waals surface area (Å²) >= 11 is 0. The number of aromatic nitrogens is 2. The molecule has 0 N–H and O–H groups in total. The van der Waals surface area contributed by atoms with Crippen molar-refractivity contribution in [1.29, 1.82) is 0 Å². The van der Waals surface area contributed by atoms with Gasteiger partial charge < -0.3 is 4.90 Å². The van der Waals surface area contributed by atoms with Crippen LogP contribution in [0.1, 0.15) is 15.9 Å². The zero-order valence-electron chi connectivity index (χ0n) is 10.00. The highest BCUT2D eigenvalue weighted by Gasteiger charge is 2.07. The number of carbonyl (C=O) groups is 1. The summed E-state index contributed by atoms with van der Waals surface area (Å²) in [5.41, 5.74) is 2.76. The van der Waals surface area contributed by atoms with Gasteiger partial charge in [-0.1, -0.05) is 12.1 Å². The molecule has 1 aromatic carbocycles. The van der Waals surface area contributed by atoms with Gasteiger partial charge >= 0.3 is 0 Å². The van der Waals surface area contributed by atoms with E-state index in [9.17, 15) is 4.79 Å². The normalized spacial score (nSPS) is 10.2. The molecule has 1 aromatic heterocycles. The van der Waals surface area contributed by atoms with Crippen LogP contribution in [-0.2, 0) is 13.6 Å². The molecule has 0 aliphatic rings. The molecule has 1 heterocycles. The van der Waals surface area contributed by atoms with Gasteiger partial charge in [-0.2, -0.15) is 5.10 Å². The molecule has 0 saturated heterocycles. The predicted octanol–water partition coefficient (Wildman–Crippen LogP) is 1.87. The third-order valence-corrected chi connectivity index (χ3v) is 2.65. The molecule has 0 aliphatic carbocycles. The van der Waals surface area contributed by atoms with Crippen molar-refractivity contribution in [3.05, 3.63) is 47.8 Å². The fourth-order valence-electron chi connectivity index (χ4n) is 1.85. The Balaban J connectivity index is 2.19. The number of nitrogens with zero attached hydrogens (tertiary/aromatic N) is 3. The van der Waals surface area contributed by atoms with E-state index in [1.54, 1.807) is 4.68 Å². The average molecular weight is 229 g/mol. The van der Waals surface area contributed by atoms with Crippen molar-refractivity contribution in [3.63, 3.8) is 0 Å². The van der Waals surface area contributed by atoms with Crippen LogP contribution in [0.5, 0.6) is 0 Å². The molecule has 88 valence electrons. The van der Waals surface area contributed by atoms with Gasteiger partial charge in [0.05, 0.1) is 6.20 Å². The third-order valence-electron chi connectivity index (χ3n) is 2.65. The Kier molecular flexibility index (Phi) is 3.23. The van der Waals surface area contributed by atoms with Crippen molar-refractivity contribution in [2.45, 2.75) is 6.54 Å². The Morgan fingerprint density at radius 1 is 1.41 bits per heavy atom. The van der Waals surface area contributed by atoms with Gasteiger partial charge in [0.2, 0.25) is 0 Å². The van der Waals surface area contributed by atoms with Crippen LogP contribution in [0.2, 0.25) is 0 Å². The summed E-state index contributed by atoms with van der Waals surface area (Å²) in [6.45, 7) is 0.735. The Bertz CT molecular complexity index is 519. The first kappa shape index (κ1) is 11.4. The number of hydrogen-bond acceptors (Lipinski definition) is 3. The topological polar surface area (TPSA) is 38.1 Å². The second kappa shape index (κ2) is 4.82. The largest absolute Gasteiger partial charge is 0.370 e. The first-order valence-corrected chi connectivity index (χ1v) is 5.43. The molecule has 0 bridgehead atoms. The lowest BCUT2D eigenvalue weighted by atomic mass is 10.1. The molecule has 0 amide bonds. The highest BCUT2D eigenvalue weighted by molar-refractivity contribution is 5.84. The van der Waals surface area contributed by atoms with Gasteiger partial charge in [0, 0.05) is 43.7 Å². The second-order valence-electron chi connectivity index (χ2n) is 4.05. The van der Waals surface area contributed by atoms with Crippen molar-refractivity contribution in [3.8, 4) is 0 Å². The van der Waals surface area contributed by atoms with Gasteiger partial charge in [0.1, 0.15) is 0 Å². The van der Waals surface area contributed by atoms with Gasteiger partial charge in [-0.3, -0.25) is 9.48 Å². The van der Waals surface area contributed by atoms with Crippen molar-refractivity contribution >= 4 is 12.0 Å². The maximum absolute atomic E-state index is 10.9. The lowest BCUT2D eigenvalue weighted by Crippen LogP contribution is -2.17. The van der Waals surface area contributed by atoms with Crippen molar-refractivity contribution < 1.29 is 4.79 Å². The fraction of sp³-hybridized carbons (Fsp3) is 0.231. The third kappa shape index (κ3) is 2.53. The predicted molar refractivity (Wildman–Crippen MR) is 67.1 cm³/mol. The van der Waals surface area contributed by atoms with Crippen LogP contribution in [0.15, 0.2) is 36.7 Å². The number of rotatable bonds is 4. The minimum absolute atomic E-state index is 0.707. The highest BCUT2D eigenvalue weighted by Crippen LogP contribution is 2.19. The Morgan fingerprint density at radius 3 is 2.82 bits per heavy atom. The Hall–Kier alpha value is -2.10. The van der Waals surface area contributed by atoms with Crippen LogP contribution in [0.4, 0.5) is 5.69 Å². The molecule has 0 spiro atoms. The van der Waals surface area contributed by atoms with Crippen LogP contribution in [0.25, 0.3) is 0 Å². The van der Waals surface area contributed by atoms with Gasteiger partial charge in [-0.05, 0) is 12.1 Å². The molecule has 0 fully saturated rings. The number of hydrogen-bond donors (Lipinski definition) is 0. The molecule has 0 unspecified atom stereocenters. The van der Waals surface area contributed by atoms with Crippen molar-refractivity contribution in [2.75, 3.05) is 11.9 Å². The molecule has 2 aromatic rings. The van der Waals surface area contributed by atoms with Gasteiger partial charge in [0.15, 0.2) is 6.29 Å². The molecular weight excluding hydrogens is 214 g/mol. The minimum atomic E-state index is 0.707. The summed E-state index contributed by atoms with van der Waals surface area (Å²) in [5.74, 6) is 0. The summed E-state index contributed by atoms with van der Waals surface area (Å²) < 4.78 is 1.77. The van der Waals surface area contributed by atoms with Crippen LogP contribution in [-0.4, -0.2) is 23.1 Å². The van der Waals surface area contributed by atoms with E-state index < -0.39 is 0 Å². The monoisotopic (exact) mass is 229 g/mol. The number of benzene rings is 1. The van der Waals surface area contributed by atoms with Crippen LogP contribution in [0.3, 0.4) is 0 Å². The number of anilines is 1. The summed E-state index contributed by atoms with van der Waals surface area (Å²) in [7, 11) is 3.86. The number of carbonyl (C=O) groups excluding carboxylic acids is 1. The number of para-hydroxylation sites is 1. The second-order valence-corrected chi connectivity index (χ2v) is 4.05. The maximum Gasteiger partial charge on any atom is 0.152 e. The molecular formula is C13H15N3O. The van der Waals surface area contributed by atoms with E-state index in [0.717, 1.165) is 24.1 Å². The lowest BCUT2D eigenvalue weighted by Gasteiger charge is -2.19. The van der Waals surface area contributed by atoms with Gasteiger partial charge in [-0.25, -0.2) is 0 Å². The average Bonchev–Trinajstić information content (AvgIpc) is 2.74. The molecule has 4 nitrogen and oxygen atoms in total. The Morgan fingerprint density at radius 2 is 2.18 bits per heavy atom. The molecule has 4 heteroatoms. The zero-order valence-corrected chi connectivity index (χ0v) is 10.00. The van der Waals surface area contributed by atoms with E-state index in [1.165, 1.54) is 0 Å². The van der Waals surface area contributed by atoms with Gasteiger partial charge in [-0.15, -0.1) is 0 Å². The Labute approximate surface area is 100 Å². The van der Waals surface area contributed by atoms with E-state index in [1.807, 2.05) is 55.7 Å². The van der Waals surface area contributed by atoms with Gasteiger partial charge in [0.25, 0.3) is 0 Å². The SMILES string of the molecule is CN(Cc1cnn(C)c1)c1ccccc1C=O. The molecule has 0 aliphatic heterocycles.